The Balaban J connectivity index is 1.54. The number of rotatable bonds is 4. The summed E-state index contributed by atoms with van der Waals surface area (Å²) in [5, 5.41) is 13.8. The number of nitrogens with zero attached hydrogens (tertiary/aromatic N) is 4. The smallest absolute Gasteiger partial charge is 0.226 e. The molecule has 1 amide bonds. The van der Waals surface area contributed by atoms with Crippen LogP contribution in [0.5, 0.6) is 0 Å². The second-order valence-electron chi connectivity index (χ2n) is 5.16. The number of ether oxygens (including phenoxy) is 2. The average molecular weight is 281 g/mol. The molecule has 0 spiro atoms. The molecule has 1 aromatic rings. The van der Waals surface area contributed by atoms with Gasteiger partial charge in [-0.2, -0.15) is 5.21 Å². The molecule has 1 atom stereocenters. The van der Waals surface area contributed by atoms with Gasteiger partial charge in [-0.15, -0.1) is 10.2 Å². The van der Waals surface area contributed by atoms with Crippen molar-refractivity contribution in [3.8, 4) is 0 Å². The molecule has 2 aliphatic rings. The number of aromatic nitrogens is 4. The van der Waals surface area contributed by atoms with E-state index in [4.69, 9.17) is 9.47 Å². The molecule has 0 aromatic carbocycles. The maximum absolute atomic E-state index is 12.4. The molecule has 1 saturated heterocycles. The fourth-order valence-electron chi connectivity index (χ4n) is 2.71. The van der Waals surface area contributed by atoms with Gasteiger partial charge in [0.25, 0.3) is 0 Å². The molecule has 1 unspecified atom stereocenters. The summed E-state index contributed by atoms with van der Waals surface area (Å²) in [4.78, 5) is 14.2. The summed E-state index contributed by atoms with van der Waals surface area (Å²) >= 11 is 0. The van der Waals surface area contributed by atoms with E-state index in [1.54, 1.807) is 0 Å². The Morgan fingerprint density at radius 2 is 2.40 bits per heavy atom. The van der Waals surface area contributed by atoms with Gasteiger partial charge in [0.2, 0.25) is 11.7 Å². The summed E-state index contributed by atoms with van der Waals surface area (Å²) in [6, 6.07) is 0. The molecule has 1 N–H and O–H groups in total. The lowest BCUT2D eigenvalue weighted by atomic mass is 9.81. The van der Waals surface area contributed by atoms with Crippen molar-refractivity contribution in [1.82, 2.24) is 25.5 Å². The molecule has 3 rings (SSSR count). The quantitative estimate of drug-likeness (QED) is 0.829. The van der Waals surface area contributed by atoms with Crippen LogP contribution in [0, 0.1) is 5.92 Å². The van der Waals surface area contributed by atoms with Crippen LogP contribution in [0.15, 0.2) is 0 Å². The van der Waals surface area contributed by atoms with Crippen LogP contribution < -0.4 is 0 Å². The molecule has 2 heterocycles. The van der Waals surface area contributed by atoms with Crippen molar-refractivity contribution in [3.05, 3.63) is 5.82 Å². The maximum Gasteiger partial charge on any atom is 0.226 e. The minimum absolute atomic E-state index is 0.0931. The molecule has 0 radical (unpaired) electrons. The van der Waals surface area contributed by atoms with Crippen LogP contribution >= 0.6 is 0 Å². The van der Waals surface area contributed by atoms with Crippen molar-refractivity contribution in [2.45, 2.75) is 32.0 Å². The highest BCUT2D eigenvalue weighted by Crippen LogP contribution is 2.32. The first kappa shape index (κ1) is 13.4. The van der Waals surface area contributed by atoms with Crippen molar-refractivity contribution in [3.63, 3.8) is 0 Å². The van der Waals surface area contributed by atoms with Crippen molar-refractivity contribution in [1.29, 1.82) is 0 Å². The van der Waals surface area contributed by atoms with Crippen molar-refractivity contribution in [2.24, 2.45) is 5.92 Å². The Kier molecular flexibility index (Phi) is 3.93. The highest BCUT2D eigenvalue weighted by Gasteiger charge is 2.39. The number of carbonyl (C=O) groups is 1. The SMILES string of the molecule is CCOC1CC(C(=O)N2CCOC(c3nn[nH]n3)C2)C1. The summed E-state index contributed by atoms with van der Waals surface area (Å²) in [7, 11) is 0. The fourth-order valence-corrected chi connectivity index (χ4v) is 2.71. The number of nitrogens with one attached hydrogen (secondary N) is 1. The van der Waals surface area contributed by atoms with E-state index in [0.717, 1.165) is 12.8 Å². The first-order valence-electron chi connectivity index (χ1n) is 7.03. The molecular formula is C12H19N5O3. The summed E-state index contributed by atoms with van der Waals surface area (Å²) in [6.07, 6.45) is 1.63. The van der Waals surface area contributed by atoms with Gasteiger partial charge < -0.3 is 14.4 Å². The first-order chi connectivity index (χ1) is 9.78. The minimum Gasteiger partial charge on any atom is -0.378 e. The van der Waals surface area contributed by atoms with Gasteiger partial charge >= 0.3 is 0 Å². The maximum atomic E-state index is 12.4. The Labute approximate surface area is 116 Å². The van der Waals surface area contributed by atoms with Gasteiger partial charge in [0.05, 0.1) is 19.3 Å². The molecule has 110 valence electrons. The number of amides is 1. The summed E-state index contributed by atoms with van der Waals surface area (Å²) < 4.78 is 11.1. The van der Waals surface area contributed by atoms with E-state index in [2.05, 4.69) is 20.6 Å². The third-order valence-corrected chi connectivity index (χ3v) is 3.87. The molecule has 0 bridgehead atoms. The van der Waals surface area contributed by atoms with Crippen LogP contribution in [0.4, 0.5) is 0 Å². The topological polar surface area (TPSA) is 93.2 Å². The molecule has 1 aliphatic heterocycles. The highest BCUT2D eigenvalue weighted by molar-refractivity contribution is 5.80. The Morgan fingerprint density at radius 3 is 3.10 bits per heavy atom. The first-order valence-corrected chi connectivity index (χ1v) is 7.03. The summed E-state index contributed by atoms with van der Waals surface area (Å²) in [5.41, 5.74) is 0. The van der Waals surface area contributed by atoms with Crippen LogP contribution in [-0.2, 0) is 14.3 Å². The Bertz CT molecular complexity index is 446. The largest absolute Gasteiger partial charge is 0.378 e. The van der Waals surface area contributed by atoms with E-state index in [0.29, 0.717) is 32.1 Å². The van der Waals surface area contributed by atoms with E-state index in [1.807, 2.05) is 11.8 Å². The summed E-state index contributed by atoms with van der Waals surface area (Å²) in [6.45, 7) is 4.32. The number of tetrazole rings is 1. The van der Waals surface area contributed by atoms with Crippen molar-refractivity contribution in [2.75, 3.05) is 26.3 Å². The number of hydrogen-bond acceptors (Lipinski definition) is 6. The third-order valence-electron chi connectivity index (χ3n) is 3.87. The number of H-pyrrole nitrogens is 1. The second kappa shape index (κ2) is 5.84. The van der Waals surface area contributed by atoms with E-state index < -0.39 is 0 Å². The van der Waals surface area contributed by atoms with Crippen LogP contribution in [0.2, 0.25) is 0 Å². The lowest BCUT2D eigenvalue weighted by Crippen LogP contribution is -2.49. The van der Waals surface area contributed by atoms with Crippen molar-refractivity contribution >= 4 is 5.91 Å². The van der Waals surface area contributed by atoms with Gasteiger partial charge in [-0.25, -0.2) is 0 Å². The van der Waals surface area contributed by atoms with Gasteiger partial charge in [-0.05, 0) is 19.8 Å². The number of carbonyl (C=O) groups excluding carboxylic acids is 1. The average Bonchev–Trinajstić information content (AvgIpc) is 2.96. The van der Waals surface area contributed by atoms with Crippen LogP contribution in [-0.4, -0.2) is 63.8 Å². The number of morpholine rings is 1. The normalized spacial score (nSPS) is 30.1. The second-order valence-corrected chi connectivity index (χ2v) is 5.16. The zero-order valence-corrected chi connectivity index (χ0v) is 11.5. The number of hydrogen-bond donors (Lipinski definition) is 1. The predicted octanol–water partition coefficient (Wildman–Crippen LogP) is -0.0853. The van der Waals surface area contributed by atoms with Gasteiger partial charge in [-0.1, -0.05) is 5.21 Å². The zero-order chi connectivity index (χ0) is 13.9. The van der Waals surface area contributed by atoms with Crippen LogP contribution in [0.3, 0.4) is 0 Å². The van der Waals surface area contributed by atoms with Gasteiger partial charge in [0, 0.05) is 19.1 Å². The van der Waals surface area contributed by atoms with E-state index in [9.17, 15) is 4.79 Å². The lowest BCUT2D eigenvalue weighted by Gasteiger charge is -2.39. The highest BCUT2D eigenvalue weighted by atomic mass is 16.5. The van der Waals surface area contributed by atoms with Gasteiger partial charge in [0.15, 0.2) is 0 Å². The predicted molar refractivity (Wildman–Crippen MR) is 67.6 cm³/mol. The molecule has 1 saturated carbocycles. The minimum atomic E-state index is -0.283. The van der Waals surface area contributed by atoms with Gasteiger partial charge in [-0.3, -0.25) is 4.79 Å². The molecule has 2 fully saturated rings. The van der Waals surface area contributed by atoms with E-state index in [1.165, 1.54) is 0 Å². The molecule has 1 aromatic heterocycles. The van der Waals surface area contributed by atoms with E-state index in [-0.39, 0.29) is 24.0 Å². The van der Waals surface area contributed by atoms with Crippen LogP contribution in [0.1, 0.15) is 31.7 Å². The zero-order valence-electron chi connectivity index (χ0n) is 11.5. The van der Waals surface area contributed by atoms with Crippen molar-refractivity contribution < 1.29 is 14.3 Å². The summed E-state index contributed by atoms with van der Waals surface area (Å²) in [5.74, 6) is 0.789. The number of aromatic amines is 1. The van der Waals surface area contributed by atoms with Gasteiger partial charge in [0.1, 0.15) is 6.10 Å². The monoisotopic (exact) mass is 281 g/mol. The molecule has 20 heavy (non-hydrogen) atoms. The van der Waals surface area contributed by atoms with Crippen LogP contribution in [0.25, 0.3) is 0 Å². The van der Waals surface area contributed by atoms with E-state index >= 15 is 0 Å². The molecule has 8 nitrogen and oxygen atoms in total. The Morgan fingerprint density at radius 1 is 1.55 bits per heavy atom. The molecular weight excluding hydrogens is 262 g/mol. The Hall–Kier alpha value is -1.54. The third kappa shape index (κ3) is 2.66. The lowest BCUT2D eigenvalue weighted by molar-refractivity contribution is -0.152. The molecule has 8 heteroatoms. The molecule has 1 aliphatic carbocycles. The standard InChI is InChI=1S/C12H19N5O3/c1-2-19-9-5-8(6-9)12(18)17-3-4-20-10(7-17)11-13-15-16-14-11/h8-10H,2-7H2,1H3,(H,13,14,15,16). The fraction of sp³-hybridized carbons (Fsp3) is 0.833.